The van der Waals surface area contributed by atoms with E-state index in [2.05, 4.69) is 17.2 Å². The van der Waals surface area contributed by atoms with E-state index in [0.29, 0.717) is 32.2 Å². The van der Waals surface area contributed by atoms with Gasteiger partial charge in [-0.2, -0.15) is 0 Å². The van der Waals surface area contributed by atoms with Gasteiger partial charge >= 0.3 is 5.97 Å². The Hall–Kier alpha value is -3.44. The van der Waals surface area contributed by atoms with Gasteiger partial charge in [0, 0.05) is 33.6 Å². The minimum Gasteiger partial charge on any atom is -0.452 e. The Bertz CT molecular complexity index is 1030. The Labute approximate surface area is 249 Å². The third-order valence-corrected chi connectivity index (χ3v) is 8.68. The van der Waals surface area contributed by atoms with Crippen molar-refractivity contribution in [3.05, 3.63) is 12.7 Å². The lowest BCUT2D eigenvalue weighted by Gasteiger charge is -2.38. The predicted octanol–water partition coefficient (Wildman–Crippen LogP) is 1.24. The first-order chi connectivity index (χ1) is 19.8. The van der Waals surface area contributed by atoms with Gasteiger partial charge in [-0.1, -0.05) is 46.6 Å². The molecule has 2 N–H and O–H groups in total. The second kappa shape index (κ2) is 15.7. The van der Waals surface area contributed by atoms with Crippen LogP contribution in [0, 0.1) is 11.8 Å². The lowest BCUT2D eigenvalue weighted by molar-refractivity contribution is -0.161. The summed E-state index contributed by atoms with van der Waals surface area (Å²) >= 11 is 0. The molecule has 5 amide bonds. The first kappa shape index (κ1) is 34.8. The quantitative estimate of drug-likeness (QED) is 0.349. The molecule has 2 heterocycles. The highest BCUT2D eigenvalue weighted by molar-refractivity contribution is 5.96. The predicted molar refractivity (Wildman–Crippen MR) is 157 cm³/mol. The number of esters is 1. The second-order valence-electron chi connectivity index (χ2n) is 11.5. The maximum Gasteiger partial charge on any atom is 0.308 e. The molecule has 7 atom stereocenters. The number of hydrogen-bond donors (Lipinski definition) is 2. The van der Waals surface area contributed by atoms with Crippen molar-refractivity contribution in [2.75, 3.05) is 27.2 Å². The van der Waals surface area contributed by atoms with Crippen LogP contribution in [-0.4, -0.2) is 108 Å². The Kier molecular flexibility index (Phi) is 13.0. The highest BCUT2D eigenvalue weighted by atomic mass is 16.5. The number of amides is 5. The van der Waals surface area contributed by atoms with Gasteiger partial charge in [-0.05, 0) is 31.6 Å². The van der Waals surface area contributed by atoms with Gasteiger partial charge in [-0.3, -0.25) is 28.8 Å². The molecule has 0 bridgehead atoms. The fourth-order valence-corrected chi connectivity index (χ4v) is 5.37. The Morgan fingerprint density at radius 3 is 2.19 bits per heavy atom. The molecule has 0 aromatic rings. The molecule has 236 valence electrons. The lowest BCUT2D eigenvalue weighted by Crippen LogP contribution is -2.61. The summed E-state index contributed by atoms with van der Waals surface area (Å²) in [6.07, 6.45) is 2.30. The molecule has 2 saturated heterocycles. The fourth-order valence-electron chi connectivity index (χ4n) is 5.37. The van der Waals surface area contributed by atoms with Crippen LogP contribution in [0.2, 0.25) is 0 Å². The molecule has 0 saturated carbocycles. The third kappa shape index (κ3) is 8.10. The number of likely N-dealkylation sites (N-methyl/N-ethyl adjacent to an activating group) is 2. The number of ether oxygens (including phenoxy) is 1. The average molecular weight is 592 g/mol. The Balaban J connectivity index is 2.55. The van der Waals surface area contributed by atoms with E-state index in [1.54, 1.807) is 14.0 Å². The van der Waals surface area contributed by atoms with Gasteiger partial charge in [-0.15, -0.1) is 6.58 Å². The molecular weight excluding hydrogens is 542 g/mol. The van der Waals surface area contributed by atoms with Crippen molar-refractivity contribution in [3.8, 4) is 0 Å². The maximum absolute atomic E-state index is 14.0. The summed E-state index contributed by atoms with van der Waals surface area (Å²) in [7, 11) is 3.05. The molecule has 12 nitrogen and oxygen atoms in total. The molecule has 2 fully saturated rings. The van der Waals surface area contributed by atoms with Crippen molar-refractivity contribution in [2.24, 2.45) is 11.8 Å². The van der Waals surface area contributed by atoms with Gasteiger partial charge in [0.1, 0.15) is 24.2 Å². The van der Waals surface area contributed by atoms with Crippen LogP contribution in [0.15, 0.2) is 12.7 Å². The number of rotatable bonds is 6. The standard InChI is InChI=1S/C30H49N5O7/c1-9-13-22-28(39)35-17-12-14-21(35)27(38)32-24(18(4)10-2)29(40)34(8)25(19(5)11-3)30(41)33(7)20(6)26(37)31-16-15-23(36)42-22/h9,18-22,24-25H,1,10-17H2,2-8H3,(H,31,37)(H,32,38)/t18-,19-,20-,21-,22?,24-,25-/m0/s1. The number of nitrogens with zero attached hydrogens (tertiary/aromatic N) is 3. The summed E-state index contributed by atoms with van der Waals surface area (Å²) in [6, 6.07) is -3.56. The Morgan fingerprint density at radius 2 is 1.60 bits per heavy atom. The summed E-state index contributed by atoms with van der Waals surface area (Å²) in [5, 5.41) is 5.54. The van der Waals surface area contributed by atoms with E-state index < -0.39 is 65.8 Å². The normalized spacial score (nSPS) is 29.0. The SMILES string of the molecule is C=CCC1OC(=O)CCNC(=O)[C@H](C)N(C)C(=O)[C@H]([C@@H](C)CC)N(C)C(=O)[C@H]([C@@H](C)CC)NC(=O)[C@@H]2CCCN2C1=O. The van der Waals surface area contributed by atoms with E-state index in [0.717, 1.165) is 0 Å². The number of fused-ring (bicyclic) bond motifs is 1. The number of hydrogen-bond acceptors (Lipinski definition) is 7. The van der Waals surface area contributed by atoms with E-state index in [4.69, 9.17) is 4.74 Å². The summed E-state index contributed by atoms with van der Waals surface area (Å²) < 4.78 is 5.46. The van der Waals surface area contributed by atoms with Crippen LogP contribution >= 0.6 is 0 Å². The number of carbonyl (C=O) groups excluding carboxylic acids is 6. The average Bonchev–Trinajstić information content (AvgIpc) is 3.47. The highest BCUT2D eigenvalue weighted by Crippen LogP contribution is 2.24. The molecule has 0 aliphatic carbocycles. The van der Waals surface area contributed by atoms with Crippen molar-refractivity contribution in [1.29, 1.82) is 0 Å². The van der Waals surface area contributed by atoms with Gasteiger partial charge in [0.05, 0.1) is 6.42 Å². The first-order valence-corrected chi connectivity index (χ1v) is 15.0. The van der Waals surface area contributed by atoms with Gasteiger partial charge in [-0.25, -0.2) is 0 Å². The molecule has 2 aliphatic heterocycles. The second-order valence-corrected chi connectivity index (χ2v) is 11.5. The van der Waals surface area contributed by atoms with Crippen LogP contribution in [0.25, 0.3) is 0 Å². The number of cyclic esters (lactones) is 1. The molecule has 42 heavy (non-hydrogen) atoms. The third-order valence-electron chi connectivity index (χ3n) is 8.68. The summed E-state index contributed by atoms with van der Waals surface area (Å²) in [5.41, 5.74) is 0. The Morgan fingerprint density at radius 1 is 0.952 bits per heavy atom. The maximum atomic E-state index is 14.0. The zero-order valence-corrected chi connectivity index (χ0v) is 26.2. The van der Waals surface area contributed by atoms with E-state index >= 15 is 0 Å². The van der Waals surface area contributed by atoms with Gasteiger partial charge in [0.2, 0.25) is 23.6 Å². The van der Waals surface area contributed by atoms with Crippen LogP contribution in [0.4, 0.5) is 0 Å². The minimum atomic E-state index is -1.17. The van der Waals surface area contributed by atoms with Crippen LogP contribution < -0.4 is 10.6 Å². The molecule has 1 unspecified atom stereocenters. The van der Waals surface area contributed by atoms with Crippen molar-refractivity contribution in [2.45, 2.75) is 103 Å². The molecule has 0 aromatic heterocycles. The van der Waals surface area contributed by atoms with Crippen LogP contribution in [0.1, 0.15) is 73.1 Å². The zero-order valence-electron chi connectivity index (χ0n) is 26.2. The molecule has 0 radical (unpaired) electrons. The molecular formula is C30H49N5O7. The van der Waals surface area contributed by atoms with E-state index in [1.165, 1.54) is 27.8 Å². The van der Waals surface area contributed by atoms with Crippen LogP contribution in [0.3, 0.4) is 0 Å². The topological polar surface area (TPSA) is 145 Å². The zero-order chi connectivity index (χ0) is 31.7. The van der Waals surface area contributed by atoms with Crippen LogP contribution in [-0.2, 0) is 33.5 Å². The minimum absolute atomic E-state index is 0.0570. The largest absolute Gasteiger partial charge is 0.452 e. The van der Waals surface area contributed by atoms with E-state index in [9.17, 15) is 28.8 Å². The van der Waals surface area contributed by atoms with Crippen molar-refractivity contribution in [3.63, 3.8) is 0 Å². The first-order valence-electron chi connectivity index (χ1n) is 15.0. The van der Waals surface area contributed by atoms with Gasteiger partial charge in [0.25, 0.3) is 5.91 Å². The van der Waals surface area contributed by atoms with E-state index in [1.807, 2.05) is 27.7 Å². The van der Waals surface area contributed by atoms with E-state index in [-0.39, 0.29) is 31.2 Å². The van der Waals surface area contributed by atoms with Crippen molar-refractivity contribution < 1.29 is 33.5 Å². The molecule has 2 aliphatic rings. The molecule has 2 rings (SSSR count). The van der Waals surface area contributed by atoms with Crippen molar-refractivity contribution in [1.82, 2.24) is 25.3 Å². The summed E-state index contributed by atoms with van der Waals surface area (Å²) in [4.78, 5) is 84.5. The number of nitrogens with one attached hydrogen (secondary N) is 2. The molecule has 0 aromatic carbocycles. The fraction of sp³-hybridized carbons (Fsp3) is 0.733. The lowest BCUT2D eigenvalue weighted by atomic mass is 9.92. The monoisotopic (exact) mass is 591 g/mol. The summed E-state index contributed by atoms with van der Waals surface area (Å²) in [6.45, 7) is 13.0. The molecule has 12 heteroatoms. The smallest absolute Gasteiger partial charge is 0.308 e. The summed E-state index contributed by atoms with van der Waals surface area (Å²) in [5.74, 6) is -3.49. The number of carbonyl (C=O) groups is 6. The van der Waals surface area contributed by atoms with Crippen LogP contribution in [0.5, 0.6) is 0 Å². The van der Waals surface area contributed by atoms with Crippen molar-refractivity contribution >= 4 is 35.5 Å². The van der Waals surface area contributed by atoms with Gasteiger partial charge in [0.15, 0.2) is 6.10 Å². The molecule has 0 spiro atoms. The van der Waals surface area contributed by atoms with Gasteiger partial charge < -0.3 is 30.1 Å². The highest BCUT2D eigenvalue weighted by Gasteiger charge is 2.42.